The first kappa shape index (κ1) is 24.9. The first-order chi connectivity index (χ1) is 16.4. The average molecular weight is 533 g/mol. The van der Waals surface area contributed by atoms with Crippen LogP contribution in [0.1, 0.15) is 29.6 Å². The molecular weight excluding hydrogens is 516 g/mol. The van der Waals surface area contributed by atoms with E-state index in [1.165, 1.54) is 35.1 Å². The molecule has 0 aliphatic heterocycles. The van der Waals surface area contributed by atoms with E-state index in [1.807, 2.05) is 0 Å². The van der Waals surface area contributed by atoms with E-state index in [-0.39, 0.29) is 48.3 Å². The predicted octanol–water partition coefficient (Wildman–Crippen LogP) is 4.29. The molecule has 35 heavy (non-hydrogen) atoms. The SMILES string of the molecule is O=C(NS(=O)(=O)c1cccc(F)c1)c1ccc(-n2ccc(OCCC3(C(F)(F)F)CC3)n2)nc1Cl. The zero-order valence-corrected chi connectivity index (χ0v) is 19.3. The van der Waals surface area contributed by atoms with E-state index in [0.29, 0.717) is 0 Å². The summed E-state index contributed by atoms with van der Waals surface area (Å²) in [4.78, 5) is 16.0. The molecule has 1 amide bonds. The average Bonchev–Trinajstić information content (AvgIpc) is 3.43. The van der Waals surface area contributed by atoms with Crippen molar-refractivity contribution in [1.29, 1.82) is 0 Å². The Morgan fingerprint density at radius 3 is 2.57 bits per heavy atom. The van der Waals surface area contributed by atoms with Crippen LogP contribution in [0.15, 0.2) is 53.6 Å². The minimum Gasteiger partial charge on any atom is -0.477 e. The fraction of sp³-hybridized carbons (Fsp3) is 0.286. The van der Waals surface area contributed by atoms with Crippen LogP contribution in [0.5, 0.6) is 5.88 Å². The minimum absolute atomic E-state index is 0.0731. The number of carbonyl (C=O) groups is 1. The zero-order valence-electron chi connectivity index (χ0n) is 17.7. The Kier molecular flexibility index (Phi) is 6.49. The Morgan fingerprint density at radius 1 is 1.20 bits per heavy atom. The predicted molar refractivity (Wildman–Crippen MR) is 115 cm³/mol. The molecule has 0 saturated heterocycles. The molecule has 2 heterocycles. The van der Waals surface area contributed by atoms with Gasteiger partial charge in [0.25, 0.3) is 15.9 Å². The Balaban J connectivity index is 1.41. The maximum atomic E-state index is 13.3. The van der Waals surface area contributed by atoms with Crippen molar-refractivity contribution >= 4 is 27.5 Å². The van der Waals surface area contributed by atoms with Gasteiger partial charge in [-0.25, -0.2) is 27.2 Å². The van der Waals surface area contributed by atoms with Crippen molar-refractivity contribution in [3.63, 3.8) is 0 Å². The van der Waals surface area contributed by atoms with Gasteiger partial charge in [-0.05, 0) is 49.6 Å². The van der Waals surface area contributed by atoms with Crippen molar-refractivity contribution in [3.8, 4) is 11.7 Å². The first-order valence-corrected chi connectivity index (χ1v) is 12.0. The van der Waals surface area contributed by atoms with Crippen LogP contribution < -0.4 is 9.46 Å². The minimum atomic E-state index is -4.36. The van der Waals surface area contributed by atoms with Crippen LogP contribution in [-0.4, -0.2) is 41.9 Å². The second-order valence-corrected chi connectivity index (χ2v) is 9.92. The lowest BCUT2D eigenvalue weighted by Gasteiger charge is -2.18. The van der Waals surface area contributed by atoms with Gasteiger partial charge in [0, 0.05) is 12.3 Å². The Labute approximate surface area is 201 Å². The van der Waals surface area contributed by atoms with E-state index in [1.54, 1.807) is 4.72 Å². The number of nitrogens with zero attached hydrogens (tertiary/aromatic N) is 3. The molecule has 0 spiro atoms. The molecule has 3 aromatic rings. The number of hydrogen-bond acceptors (Lipinski definition) is 6. The van der Waals surface area contributed by atoms with Gasteiger partial charge in [-0.2, -0.15) is 13.2 Å². The molecule has 8 nitrogen and oxygen atoms in total. The van der Waals surface area contributed by atoms with E-state index < -0.39 is 38.2 Å². The van der Waals surface area contributed by atoms with Gasteiger partial charge < -0.3 is 4.74 Å². The molecular formula is C21H17ClF4N4O4S. The normalized spacial score (nSPS) is 15.0. The van der Waals surface area contributed by atoms with Crippen LogP contribution in [0.3, 0.4) is 0 Å². The largest absolute Gasteiger partial charge is 0.477 e. The molecule has 0 atom stereocenters. The van der Waals surface area contributed by atoms with Gasteiger partial charge in [0.05, 0.1) is 22.5 Å². The molecule has 1 fully saturated rings. The highest BCUT2D eigenvalue weighted by Gasteiger charge is 2.62. The van der Waals surface area contributed by atoms with Crippen LogP contribution in [0.2, 0.25) is 5.15 Å². The van der Waals surface area contributed by atoms with Gasteiger partial charge in [0.1, 0.15) is 11.0 Å². The molecule has 1 aliphatic rings. The van der Waals surface area contributed by atoms with E-state index >= 15 is 0 Å². The number of hydrogen-bond donors (Lipinski definition) is 1. The molecule has 1 aliphatic carbocycles. The van der Waals surface area contributed by atoms with Crippen LogP contribution in [0.25, 0.3) is 5.82 Å². The van der Waals surface area contributed by atoms with Crippen molar-refractivity contribution in [1.82, 2.24) is 19.5 Å². The quantitative estimate of drug-likeness (QED) is 0.343. The molecule has 2 aromatic heterocycles. The van der Waals surface area contributed by atoms with Crippen molar-refractivity contribution in [2.45, 2.75) is 30.3 Å². The van der Waals surface area contributed by atoms with Gasteiger partial charge in [-0.15, -0.1) is 5.10 Å². The third-order valence-electron chi connectivity index (χ3n) is 5.50. The van der Waals surface area contributed by atoms with Crippen molar-refractivity contribution < 1.29 is 35.5 Å². The summed E-state index contributed by atoms with van der Waals surface area (Å²) in [6, 6.07) is 8.07. The number of carbonyl (C=O) groups excluding carboxylic acids is 1. The summed E-state index contributed by atoms with van der Waals surface area (Å²) in [6.45, 7) is -0.163. The van der Waals surface area contributed by atoms with Crippen LogP contribution in [0.4, 0.5) is 17.6 Å². The third-order valence-corrected chi connectivity index (χ3v) is 7.11. The second-order valence-electron chi connectivity index (χ2n) is 7.87. The number of halogens is 5. The topological polar surface area (TPSA) is 103 Å². The van der Waals surface area contributed by atoms with Gasteiger partial charge in [-0.3, -0.25) is 4.79 Å². The number of sulfonamides is 1. The highest BCUT2D eigenvalue weighted by molar-refractivity contribution is 7.90. The summed E-state index contributed by atoms with van der Waals surface area (Å²) in [5, 5.41) is 3.73. The smallest absolute Gasteiger partial charge is 0.394 e. The maximum absolute atomic E-state index is 13.3. The lowest BCUT2D eigenvalue weighted by Crippen LogP contribution is -2.31. The second kappa shape index (κ2) is 9.11. The van der Waals surface area contributed by atoms with Gasteiger partial charge in [0.2, 0.25) is 5.88 Å². The Hall–Kier alpha value is -3.19. The molecule has 1 saturated carbocycles. The molecule has 1 N–H and O–H groups in total. The molecule has 0 bridgehead atoms. The molecule has 186 valence electrons. The molecule has 4 rings (SSSR count). The number of aromatic nitrogens is 3. The number of amides is 1. The van der Waals surface area contributed by atoms with Crippen molar-refractivity contribution in [2.24, 2.45) is 5.41 Å². The van der Waals surface area contributed by atoms with Gasteiger partial charge >= 0.3 is 6.18 Å². The van der Waals surface area contributed by atoms with Crippen molar-refractivity contribution in [2.75, 3.05) is 6.61 Å². The summed E-state index contributed by atoms with van der Waals surface area (Å²) < 4.78 is 85.3. The van der Waals surface area contributed by atoms with Crippen LogP contribution in [0, 0.1) is 11.2 Å². The molecule has 0 unspecified atom stereocenters. The number of ether oxygens (including phenoxy) is 1. The van der Waals surface area contributed by atoms with Gasteiger partial charge in [-0.1, -0.05) is 17.7 Å². The Bertz CT molecular complexity index is 1370. The van der Waals surface area contributed by atoms with Crippen molar-refractivity contribution in [3.05, 3.63) is 65.2 Å². The number of pyridine rings is 1. The molecule has 14 heteroatoms. The Morgan fingerprint density at radius 2 is 1.94 bits per heavy atom. The molecule has 1 aromatic carbocycles. The summed E-state index contributed by atoms with van der Waals surface area (Å²) in [6.07, 6.45) is -2.84. The van der Waals surface area contributed by atoms with E-state index in [4.69, 9.17) is 16.3 Å². The summed E-state index contributed by atoms with van der Waals surface area (Å²) in [5.41, 5.74) is -1.94. The number of benzene rings is 1. The first-order valence-electron chi connectivity index (χ1n) is 10.2. The molecule has 0 radical (unpaired) electrons. The lowest BCUT2D eigenvalue weighted by molar-refractivity contribution is -0.190. The monoisotopic (exact) mass is 532 g/mol. The number of alkyl halides is 3. The van der Waals surface area contributed by atoms with Crippen LogP contribution in [-0.2, 0) is 10.0 Å². The zero-order chi connectivity index (χ0) is 25.4. The van der Waals surface area contributed by atoms with E-state index in [0.717, 1.165) is 18.2 Å². The number of nitrogens with one attached hydrogen (secondary N) is 1. The highest BCUT2D eigenvalue weighted by atomic mass is 35.5. The van der Waals surface area contributed by atoms with Gasteiger partial charge in [0.15, 0.2) is 5.82 Å². The summed E-state index contributed by atoms with van der Waals surface area (Å²) in [5.74, 6) is -1.66. The fourth-order valence-corrected chi connectivity index (χ4v) is 4.51. The maximum Gasteiger partial charge on any atom is 0.394 e. The number of rotatable bonds is 8. The highest BCUT2D eigenvalue weighted by Crippen LogP contribution is 2.59. The van der Waals surface area contributed by atoms with E-state index in [2.05, 4.69) is 10.1 Å². The van der Waals surface area contributed by atoms with Crippen LogP contribution >= 0.6 is 11.6 Å². The van der Waals surface area contributed by atoms with E-state index in [9.17, 15) is 30.8 Å². The summed E-state index contributed by atoms with van der Waals surface area (Å²) in [7, 11) is -4.36. The third kappa shape index (κ3) is 5.40. The fourth-order valence-electron chi connectivity index (χ4n) is 3.28. The lowest BCUT2D eigenvalue weighted by atomic mass is 10.0. The summed E-state index contributed by atoms with van der Waals surface area (Å²) >= 11 is 6.06. The standard InChI is InChI=1S/C21H17ClF4N4O4S/c22-18-15(19(31)29-35(32,33)14-3-1-2-13(23)12-14)4-5-16(27-18)30-10-6-17(28-30)34-11-9-20(7-8-20)21(24,25)26/h1-6,10,12H,7-9,11H2,(H,29,31).